The Kier molecular flexibility index (Phi) is 5.82. The van der Waals surface area contributed by atoms with Crippen LogP contribution in [0.1, 0.15) is 41.5 Å². The van der Waals surface area contributed by atoms with Gasteiger partial charge in [-0.1, -0.05) is 24.3 Å². The number of aliphatic carboxylic acids is 1. The zero-order valence-corrected chi connectivity index (χ0v) is 16.9. The highest BCUT2D eigenvalue weighted by Gasteiger charge is 2.18. The Morgan fingerprint density at radius 3 is 2.47 bits per heavy atom. The van der Waals surface area contributed by atoms with Crippen LogP contribution < -0.4 is 5.32 Å². The third-order valence-corrected chi connectivity index (χ3v) is 4.22. The number of hydrogen-bond donors (Lipinski definition) is 2. The molecule has 0 saturated carbocycles. The van der Waals surface area contributed by atoms with Gasteiger partial charge in [0.25, 0.3) is 5.91 Å². The van der Waals surface area contributed by atoms with Gasteiger partial charge in [0.2, 0.25) is 0 Å². The summed E-state index contributed by atoms with van der Waals surface area (Å²) in [5.41, 5.74) is 2.41. The molecule has 2 N–H and O–H groups in total. The van der Waals surface area contributed by atoms with Crippen molar-refractivity contribution in [3.05, 3.63) is 65.9 Å². The lowest BCUT2D eigenvalue weighted by Gasteiger charge is -2.19. The molecule has 0 aliphatic carbocycles. The standard InChI is InChI=1S/C23H22N2O5/c1-23(2,3)30-22(29)16-6-4-5-14(11-16)15-7-8-17-18(9-10-24-19(17)12-15)21(28)25-13-20(26)27/h4-12H,13H2,1-3H3,(H,25,28)(H,26,27). The second kappa shape index (κ2) is 8.32. The fraction of sp³-hybridized carbons (Fsp3) is 0.217. The number of carboxylic acid groups (broad SMARTS) is 1. The van der Waals surface area contributed by atoms with Gasteiger partial charge >= 0.3 is 11.9 Å². The monoisotopic (exact) mass is 406 g/mol. The fourth-order valence-electron chi connectivity index (χ4n) is 2.94. The maximum atomic E-state index is 12.4. The summed E-state index contributed by atoms with van der Waals surface area (Å²) in [5, 5.41) is 11.7. The molecule has 0 aliphatic rings. The molecule has 3 rings (SSSR count). The first-order valence-electron chi connectivity index (χ1n) is 9.36. The van der Waals surface area contributed by atoms with Gasteiger partial charge in [0.05, 0.1) is 16.6 Å². The largest absolute Gasteiger partial charge is 0.480 e. The molecule has 0 unspecified atom stereocenters. The van der Waals surface area contributed by atoms with Crippen molar-refractivity contribution in [2.75, 3.05) is 6.54 Å². The molecule has 0 bridgehead atoms. The zero-order valence-electron chi connectivity index (χ0n) is 16.9. The molecule has 7 heteroatoms. The number of fused-ring (bicyclic) bond motifs is 1. The summed E-state index contributed by atoms with van der Waals surface area (Å²) in [6.07, 6.45) is 1.50. The maximum Gasteiger partial charge on any atom is 0.338 e. The summed E-state index contributed by atoms with van der Waals surface area (Å²) in [7, 11) is 0. The van der Waals surface area contributed by atoms with Gasteiger partial charge in [-0.2, -0.15) is 0 Å². The average molecular weight is 406 g/mol. The molecule has 1 amide bonds. The summed E-state index contributed by atoms with van der Waals surface area (Å²) < 4.78 is 5.43. The summed E-state index contributed by atoms with van der Waals surface area (Å²) in [6, 6.07) is 14.0. The zero-order chi connectivity index (χ0) is 21.9. The third kappa shape index (κ3) is 5.00. The molecule has 0 aliphatic heterocycles. The van der Waals surface area contributed by atoms with Gasteiger partial charge in [-0.15, -0.1) is 0 Å². The van der Waals surface area contributed by atoms with E-state index in [0.29, 0.717) is 22.0 Å². The van der Waals surface area contributed by atoms with Crippen LogP contribution in [-0.4, -0.2) is 40.1 Å². The Balaban J connectivity index is 1.93. The lowest BCUT2D eigenvalue weighted by Crippen LogP contribution is -2.29. The molecule has 30 heavy (non-hydrogen) atoms. The molecule has 0 radical (unpaired) electrons. The van der Waals surface area contributed by atoms with E-state index in [1.54, 1.807) is 30.3 Å². The fourth-order valence-corrected chi connectivity index (χ4v) is 2.94. The van der Waals surface area contributed by atoms with E-state index in [9.17, 15) is 14.4 Å². The van der Waals surface area contributed by atoms with Gasteiger partial charge in [-0.3, -0.25) is 14.6 Å². The Bertz CT molecular complexity index is 1130. The van der Waals surface area contributed by atoms with Gasteiger partial charge in [0.15, 0.2) is 0 Å². The number of rotatable bonds is 5. The normalized spacial score (nSPS) is 11.2. The molecule has 1 heterocycles. The van der Waals surface area contributed by atoms with Crippen molar-refractivity contribution < 1.29 is 24.2 Å². The molecule has 0 fully saturated rings. The third-order valence-electron chi connectivity index (χ3n) is 4.22. The van der Waals surface area contributed by atoms with Crippen molar-refractivity contribution in [1.29, 1.82) is 0 Å². The summed E-state index contributed by atoms with van der Waals surface area (Å²) >= 11 is 0. The molecule has 2 aromatic carbocycles. The van der Waals surface area contributed by atoms with Crippen LogP contribution in [0, 0.1) is 0 Å². The Morgan fingerprint density at radius 1 is 1.03 bits per heavy atom. The molecular weight excluding hydrogens is 384 g/mol. The first-order chi connectivity index (χ1) is 14.1. The van der Waals surface area contributed by atoms with Crippen molar-refractivity contribution in [2.45, 2.75) is 26.4 Å². The predicted octanol–water partition coefficient (Wildman–Crippen LogP) is 3.67. The van der Waals surface area contributed by atoms with Crippen LogP contribution >= 0.6 is 0 Å². The van der Waals surface area contributed by atoms with Gasteiger partial charge in [0, 0.05) is 11.6 Å². The molecule has 0 atom stereocenters. The number of aromatic nitrogens is 1. The van der Waals surface area contributed by atoms with Crippen molar-refractivity contribution >= 4 is 28.7 Å². The van der Waals surface area contributed by atoms with Crippen LogP contribution in [0.25, 0.3) is 22.0 Å². The molecule has 7 nitrogen and oxygen atoms in total. The summed E-state index contributed by atoms with van der Waals surface area (Å²) in [5.74, 6) is -2.00. The van der Waals surface area contributed by atoms with E-state index in [0.717, 1.165) is 11.1 Å². The molecular formula is C23H22N2O5. The minimum atomic E-state index is -1.12. The lowest BCUT2D eigenvalue weighted by atomic mass is 9.99. The predicted molar refractivity (Wildman–Crippen MR) is 112 cm³/mol. The van der Waals surface area contributed by atoms with Crippen LogP contribution in [0.2, 0.25) is 0 Å². The van der Waals surface area contributed by atoms with Crippen LogP contribution in [0.5, 0.6) is 0 Å². The number of carbonyl (C=O) groups is 3. The molecule has 0 saturated heterocycles. The smallest absolute Gasteiger partial charge is 0.338 e. The average Bonchev–Trinajstić information content (AvgIpc) is 2.70. The number of benzene rings is 2. The Hall–Kier alpha value is -3.74. The van der Waals surface area contributed by atoms with Crippen molar-refractivity contribution in [2.24, 2.45) is 0 Å². The van der Waals surface area contributed by atoms with Gasteiger partial charge in [-0.25, -0.2) is 4.79 Å². The second-order valence-corrected chi connectivity index (χ2v) is 7.75. The van der Waals surface area contributed by atoms with E-state index in [4.69, 9.17) is 9.84 Å². The minimum absolute atomic E-state index is 0.343. The van der Waals surface area contributed by atoms with E-state index in [2.05, 4.69) is 10.3 Å². The Morgan fingerprint density at radius 2 is 1.77 bits per heavy atom. The number of nitrogens with one attached hydrogen (secondary N) is 1. The Labute approximate surface area is 173 Å². The van der Waals surface area contributed by atoms with Crippen molar-refractivity contribution in [3.8, 4) is 11.1 Å². The SMILES string of the molecule is CC(C)(C)OC(=O)c1cccc(-c2ccc3c(C(=O)NCC(=O)O)ccnc3c2)c1. The van der Waals surface area contributed by atoms with E-state index >= 15 is 0 Å². The van der Waals surface area contributed by atoms with E-state index in [-0.39, 0.29) is 0 Å². The van der Waals surface area contributed by atoms with Gasteiger partial charge < -0.3 is 15.2 Å². The molecule has 1 aromatic heterocycles. The number of amides is 1. The number of pyridine rings is 1. The van der Waals surface area contributed by atoms with E-state index in [1.165, 1.54) is 6.20 Å². The maximum absolute atomic E-state index is 12.4. The number of ether oxygens (including phenoxy) is 1. The van der Waals surface area contributed by atoms with Crippen LogP contribution in [-0.2, 0) is 9.53 Å². The quantitative estimate of drug-likeness (QED) is 0.626. The first-order valence-corrected chi connectivity index (χ1v) is 9.36. The van der Waals surface area contributed by atoms with Gasteiger partial charge in [-0.05, 0) is 56.2 Å². The summed E-state index contributed by atoms with van der Waals surface area (Å²) in [4.78, 5) is 39.7. The number of esters is 1. The number of nitrogens with zero attached hydrogens (tertiary/aromatic N) is 1. The highest BCUT2D eigenvalue weighted by atomic mass is 16.6. The topological polar surface area (TPSA) is 106 Å². The van der Waals surface area contributed by atoms with Crippen LogP contribution in [0.4, 0.5) is 0 Å². The molecule has 0 spiro atoms. The number of carboxylic acids is 1. The van der Waals surface area contributed by atoms with Gasteiger partial charge in [0.1, 0.15) is 12.1 Å². The van der Waals surface area contributed by atoms with Crippen LogP contribution in [0.3, 0.4) is 0 Å². The van der Waals surface area contributed by atoms with Crippen LogP contribution in [0.15, 0.2) is 54.7 Å². The number of carbonyl (C=O) groups excluding carboxylic acids is 2. The second-order valence-electron chi connectivity index (χ2n) is 7.75. The van der Waals surface area contributed by atoms with Crippen molar-refractivity contribution in [1.82, 2.24) is 10.3 Å². The van der Waals surface area contributed by atoms with E-state index < -0.39 is 30.0 Å². The number of hydrogen-bond acceptors (Lipinski definition) is 5. The highest BCUT2D eigenvalue weighted by Crippen LogP contribution is 2.26. The minimum Gasteiger partial charge on any atom is -0.480 e. The lowest BCUT2D eigenvalue weighted by molar-refractivity contribution is -0.135. The highest BCUT2D eigenvalue weighted by molar-refractivity contribution is 6.07. The van der Waals surface area contributed by atoms with Crippen molar-refractivity contribution in [3.63, 3.8) is 0 Å². The summed E-state index contributed by atoms with van der Waals surface area (Å²) in [6.45, 7) is 4.98. The van der Waals surface area contributed by atoms with E-state index in [1.807, 2.05) is 39.0 Å². The first kappa shape index (κ1) is 21.0. The molecule has 3 aromatic rings. The molecule has 154 valence electrons.